The van der Waals surface area contributed by atoms with Gasteiger partial charge in [0.25, 0.3) is 0 Å². The molecule has 0 aromatic heterocycles. The van der Waals surface area contributed by atoms with Gasteiger partial charge in [0.05, 0.1) is 0 Å². The first-order valence-corrected chi connectivity index (χ1v) is 7.95. The molecule has 0 nitrogen and oxygen atoms in total. The van der Waals surface area contributed by atoms with Crippen LogP contribution in [0.3, 0.4) is 0 Å². The molecule has 3 aromatic carbocycles. The van der Waals surface area contributed by atoms with Crippen molar-refractivity contribution >= 4 is 24.3 Å². The first-order chi connectivity index (χ1) is 11.8. The average Bonchev–Trinajstić information content (AvgIpc) is 2.68. The Labute approximate surface area is 145 Å². The van der Waals surface area contributed by atoms with E-state index in [0.29, 0.717) is 0 Å². The van der Waals surface area contributed by atoms with Crippen LogP contribution < -0.4 is 0 Å². The zero-order valence-corrected chi connectivity index (χ0v) is 13.8. The third kappa shape index (κ3) is 5.94. The monoisotopic (exact) mass is 310 g/mol. The van der Waals surface area contributed by atoms with Crippen LogP contribution in [0.15, 0.2) is 98.1 Å². The van der Waals surface area contributed by atoms with Crippen LogP contribution in [0.1, 0.15) is 22.3 Å². The molecule has 118 valence electrons. The van der Waals surface area contributed by atoms with Gasteiger partial charge in [-0.2, -0.15) is 0 Å². The predicted molar refractivity (Wildman–Crippen MR) is 108 cm³/mol. The first kappa shape index (κ1) is 17.2. The molecule has 0 bridgehead atoms. The summed E-state index contributed by atoms with van der Waals surface area (Å²) in [5, 5.41) is 0. The summed E-state index contributed by atoms with van der Waals surface area (Å²) in [7, 11) is 0. The average molecular weight is 310 g/mol. The SMILES string of the molecule is C(=Cc1ccccc1)c1ccccc1.C=Cc1ccc(C=C)cc1. The van der Waals surface area contributed by atoms with E-state index in [1.807, 2.05) is 72.8 Å². The van der Waals surface area contributed by atoms with Crippen LogP contribution >= 0.6 is 0 Å². The second-order valence-electron chi connectivity index (χ2n) is 5.23. The maximum atomic E-state index is 3.66. The van der Waals surface area contributed by atoms with Crippen molar-refractivity contribution in [3.05, 3.63) is 120 Å². The van der Waals surface area contributed by atoms with Gasteiger partial charge in [0.15, 0.2) is 0 Å². The smallest absolute Gasteiger partial charge is 0.0256 e. The number of hydrogen-bond acceptors (Lipinski definition) is 0. The first-order valence-electron chi connectivity index (χ1n) is 7.95. The molecule has 0 aliphatic rings. The van der Waals surface area contributed by atoms with Crippen LogP contribution in [0.5, 0.6) is 0 Å². The second-order valence-corrected chi connectivity index (χ2v) is 5.23. The molecule has 24 heavy (non-hydrogen) atoms. The molecule has 0 fully saturated rings. The highest BCUT2D eigenvalue weighted by Crippen LogP contribution is 2.07. The summed E-state index contributed by atoms with van der Waals surface area (Å²) < 4.78 is 0. The third-order valence-corrected chi connectivity index (χ3v) is 3.48. The maximum absolute atomic E-state index is 3.66. The van der Waals surface area contributed by atoms with Gasteiger partial charge < -0.3 is 0 Å². The van der Waals surface area contributed by atoms with Gasteiger partial charge in [0.2, 0.25) is 0 Å². The van der Waals surface area contributed by atoms with Gasteiger partial charge in [-0.1, -0.05) is 122 Å². The van der Waals surface area contributed by atoms with Gasteiger partial charge in [0.1, 0.15) is 0 Å². The minimum atomic E-state index is 1.14. The summed E-state index contributed by atoms with van der Waals surface area (Å²) in [6.45, 7) is 7.32. The molecule has 0 spiro atoms. The van der Waals surface area contributed by atoms with Crippen LogP contribution in [0.2, 0.25) is 0 Å². The summed E-state index contributed by atoms with van der Waals surface area (Å²) in [6, 6.07) is 28.7. The highest BCUT2D eigenvalue weighted by molar-refractivity contribution is 5.69. The largest absolute Gasteiger partial charge is 0.0985 e. The fourth-order valence-electron chi connectivity index (χ4n) is 2.09. The molecule has 0 saturated heterocycles. The molecule has 0 N–H and O–H groups in total. The van der Waals surface area contributed by atoms with E-state index in [2.05, 4.69) is 49.6 Å². The number of benzene rings is 3. The van der Waals surface area contributed by atoms with Crippen LogP contribution in [0.4, 0.5) is 0 Å². The Balaban J connectivity index is 0.000000185. The van der Waals surface area contributed by atoms with Crippen LogP contribution in [-0.4, -0.2) is 0 Å². The van der Waals surface area contributed by atoms with E-state index in [0.717, 1.165) is 11.1 Å². The van der Waals surface area contributed by atoms with E-state index in [4.69, 9.17) is 0 Å². The zero-order valence-electron chi connectivity index (χ0n) is 13.8. The standard InChI is InChI=1S/C14H12.C10H10/c1-3-7-13(8-4-1)11-12-14-9-5-2-6-10-14;1-3-9-5-7-10(4-2)8-6-9/h1-12H;3-8H,1-2H2. The van der Waals surface area contributed by atoms with Crippen LogP contribution in [0, 0.1) is 0 Å². The van der Waals surface area contributed by atoms with Gasteiger partial charge in [-0.3, -0.25) is 0 Å². The highest BCUT2D eigenvalue weighted by atomic mass is 13.9. The molecule has 0 heterocycles. The molecule has 0 radical (unpaired) electrons. The molecule has 3 aromatic rings. The van der Waals surface area contributed by atoms with Crippen molar-refractivity contribution < 1.29 is 0 Å². The lowest BCUT2D eigenvalue weighted by Crippen LogP contribution is -1.71. The normalized spacial score (nSPS) is 9.83. The highest BCUT2D eigenvalue weighted by Gasteiger charge is 1.85. The van der Waals surface area contributed by atoms with E-state index in [1.54, 1.807) is 0 Å². The Kier molecular flexibility index (Phi) is 7.04. The molecule has 0 unspecified atom stereocenters. The van der Waals surface area contributed by atoms with Crippen molar-refractivity contribution in [1.82, 2.24) is 0 Å². The number of hydrogen-bond donors (Lipinski definition) is 0. The van der Waals surface area contributed by atoms with Crippen LogP contribution in [-0.2, 0) is 0 Å². The lowest BCUT2D eigenvalue weighted by molar-refractivity contribution is 1.63. The summed E-state index contributed by atoms with van der Waals surface area (Å²) in [5.41, 5.74) is 4.75. The molecular formula is C24H22. The van der Waals surface area contributed by atoms with Crippen LogP contribution in [0.25, 0.3) is 24.3 Å². The van der Waals surface area contributed by atoms with Crippen molar-refractivity contribution in [3.8, 4) is 0 Å². The third-order valence-electron chi connectivity index (χ3n) is 3.48. The van der Waals surface area contributed by atoms with E-state index in [-0.39, 0.29) is 0 Å². The topological polar surface area (TPSA) is 0 Å². The van der Waals surface area contributed by atoms with E-state index < -0.39 is 0 Å². The van der Waals surface area contributed by atoms with E-state index >= 15 is 0 Å². The molecule has 0 aliphatic carbocycles. The minimum absolute atomic E-state index is 1.14. The zero-order chi connectivity index (χ0) is 17.0. The Hall–Kier alpha value is -3.12. The molecule has 0 heteroatoms. The fraction of sp³-hybridized carbons (Fsp3) is 0. The van der Waals surface area contributed by atoms with Crippen molar-refractivity contribution in [2.75, 3.05) is 0 Å². The summed E-state index contributed by atoms with van der Waals surface area (Å²) in [5.74, 6) is 0. The summed E-state index contributed by atoms with van der Waals surface area (Å²) in [6.07, 6.45) is 7.89. The molecule has 3 rings (SSSR count). The van der Waals surface area contributed by atoms with Gasteiger partial charge >= 0.3 is 0 Å². The fourth-order valence-corrected chi connectivity index (χ4v) is 2.09. The molecule has 0 amide bonds. The van der Waals surface area contributed by atoms with Gasteiger partial charge in [0, 0.05) is 0 Å². The lowest BCUT2D eigenvalue weighted by Gasteiger charge is -1.92. The Morgan fingerprint density at radius 1 is 0.417 bits per heavy atom. The Morgan fingerprint density at radius 2 is 0.750 bits per heavy atom. The van der Waals surface area contributed by atoms with Gasteiger partial charge in [-0.25, -0.2) is 0 Å². The van der Waals surface area contributed by atoms with E-state index in [1.165, 1.54) is 11.1 Å². The van der Waals surface area contributed by atoms with Gasteiger partial charge in [-0.05, 0) is 22.3 Å². The molecule has 0 aliphatic heterocycles. The number of rotatable bonds is 4. The lowest BCUT2D eigenvalue weighted by atomic mass is 10.1. The van der Waals surface area contributed by atoms with Crippen molar-refractivity contribution in [1.29, 1.82) is 0 Å². The molecule has 0 atom stereocenters. The summed E-state index contributed by atoms with van der Waals surface area (Å²) in [4.78, 5) is 0. The second kappa shape index (κ2) is 9.81. The van der Waals surface area contributed by atoms with Crippen molar-refractivity contribution in [3.63, 3.8) is 0 Å². The van der Waals surface area contributed by atoms with Gasteiger partial charge in [-0.15, -0.1) is 0 Å². The Morgan fingerprint density at radius 3 is 1.04 bits per heavy atom. The van der Waals surface area contributed by atoms with Crippen molar-refractivity contribution in [2.24, 2.45) is 0 Å². The molecule has 0 saturated carbocycles. The van der Waals surface area contributed by atoms with Crippen molar-refractivity contribution in [2.45, 2.75) is 0 Å². The van der Waals surface area contributed by atoms with E-state index in [9.17, 15) is 0 Å². The predicted octanol–water partition coefficient (Wildman–Crippen LogP) is 6.83. The summed E-state index contributed by atoms with van der Waals surface area (Å²) >= 11 is 0. The maximum Gasteiger partial charge on any atom is -0.0256 e. The Bertz CT molecular complexity index is 695. The minimum Gasteiger partial charge on any atom is -0.0985 e. The molecular weight excluding hydrogens is 288 g/mol. The quantitative estimate of drug-likeness (QED) is 0.463.